The minimum absolute atomic E-state index is 0.0235. The van der Waals surface area contributed by atoms with Gasteiger partial charge in [-0.15, -0.1) is 0 Å². The van der Waals surface area contributed by atoms with Gasteiger partial charge >= 0.3 is 6.03 Å². The lowest BCUT2D eigenvalue weighted by molar-refractivity contribution is 0.122. The molecule has 0 unspecified atom stereocenters. The molecule has 2 amide bonds. The third-order valence-electron chi connectivity index (χ3n) is 5.10. The Morgan fingerprint density at radius 2 is 1.76 bits per heavy atom. The maximum Gasteiger partial charge on any atom is 0.321 e. The van der Waals surface area contributed by atoms with Crippen molar-refractivity contribution in [1.29, 1.82) is 0 Å². The van der Waals surface area contributed by atoms with Crippen LogP contribution in [0.1, 0.15) is 26.7 Å². The van der Waals surface area contributed by atoms with E-state index in [-0.39, 0.29) is 6.03 Å². The highest BCUT2D eigenvalue weighted by Gasteiger charge is 2.20. The first-order valence-corrected chi connectivity index (χ1v) is 9.50. The lowest BCUT2D eigenvalue weighted by Gasteiger charge is -2.31. The third-order valence-corrected chi connectivity index (χ3v) is 5.10. The fourth-order valence-electron chi connectivity index (χ4n) is 3.58. The fourth-order valence-corrected chi connectivity index (χ4v) is 3.58. The predicted molar refractivity (Wildman–Crippen MR) is 103 cm³/mol. The van der Waals surface area contributed by atoms with Crippen LogP contribution in [0.25, 0.3) is 0 Å². The molecule has 2 saturated heterocycles. The van der Waals surface area contributed by atoms with Crippen molar-refractivity contribution >= 4 is 23.1 Å². The smallest absolute Gasteiger partial charge is 0.321 e. The molecule has 0 saturated carbocycles. The monoisotopic (exact) mass is 346 g/mol. The zero-order valence-electron chi connectivity index (χ0n) is 15.5. The molecule has 138 valence electrons. The molecule has 25 heavy (non-hydrogen) atoms. The maximum atomic E-state index is 12.6. The van der Waals surface area contributed by atoms with Crippen LogP contribution in [0.4, 0.5) is 21.9 Å². The summed E-state index contributed by atoms with van der Waals surface area (Å²) in [7, 11) is 0. The van der Waals surface area contributed by atoms with Crippen molar-refractivity contribution in [3.63, 3.8) is 0 Å². The molecule has 0 aromatic heterocycles. The molecular weight excluding hydrogens is 316 g/mol. The molecule has 3 rings (SSSR count). The number of carbonyl (C=O) groups excluding carboxylic acids is 1. The molecule has 2 fully saturated rings. The number of benzene rings is 1. The van der Waals surface area contributed by atoms with Crippen molar-refractivity contribution in [3.8, 4) is 0 Å². The van der Waals surface area contributed by atoms with E-state index in [1.807, 2.05) is 18.7 Å². The lowest BCUT2D eigenvalue weighted by atomic mass is 10.2. The van der Waals surface area contributed by atoms with Gasteiger partial charge in [-0.1, -0.05) is 0 Å². The van der Waals surface area contributed by atoms with E-state index in [2.05, 4.69) is 33.3 Å². The van der Waals surface area contributed by atoms with Crippen molar-refractivity contribution in [2.75, 3.05) is 67.6 Å². The Morgan fingerprint density at radius 1 is 1.08 bits per heavy atom. The van der Waals surface area contributed by atoms with Crippen molar-refractivity contribution in [2.45, 2.75) is 26.7 Å². The van der Waals surface area contributed by atoms with Crippen LogP contribution in [0.3, 0.4) is 0 Å². The molecule has 6 heteroatoms. The van der Waals surface area contributed by atoms with E-state index < -0.39 is 0 Å². The van der Waals surface area contributed by atoms with Crippen LogP contribution < -0.4 is 15.1 Å². The summed E-state index contributed by atoms with van der Waals surface area (Å²) in [5.41, 5.74) is 3.21. The standard InChI is InChI=1S/C19H30N4O2/c1-3-21(4-2)19(24)20-17-15-16(22-11-13-25-14-12-22)7-8-18(17)23-9-5-6-10-23/h7-8,15H,3-6,9-14H2,1-2H3,(H,20,24). The van der Waals surface area contributed by atoms with E-state index in [9.17, 15) is 4.79 Å². The normalized spacial score (nSPS) is 17.7. The van der Waals surface area contributed by atoms with Crippen molar-refractivity contribution in [1.82, 2.24) is 4.90 Å². The minimum atomic E-state index is -0.0235. The molecule has 2 aliphatic heterocycles. The van der Waals surface area contributed by atoms with E-state index in [1.165, 1.54) is 12.8 Å². The number of ether oxygens (including phenoxy) is 1. The number of amides is 2. The predicted octanol–water partition coefficient (Wildman–Crippen LogP) is 3.00. The molecule has 1 aromatic rings. The zero-order valence-corrected chi connectivity index (χ0v) is 15.5. The van der Waals surface area contributed by atoms with Gasteiger partial charge in [-0.2, -0.15) is 0 Å². The first-order chi connectivity index (χ1) is 12.2. The molecule has 0 spiro atoms. The number of anilines is 3. The second-order valence-corrected chi connectivity index (χ2v) is 6.60. The van der Waals surface area contributed by atoms with E-state index in [0.717, 1.165) is 56.5 Å². The van der Waals surface area contributed by atoms with Gasteiger partial charge in [0.2, 0.25) is 0 Å². The molecule has 6 nitrogen and oxygen atoms in total. The summed E-state index contributed by atoms with van der Waals surface area (Å²) in [6.45, 7) is 10.9. The van der Waals surface area contributed by atoms with Crippen LogP contribution in [-0.4, -0.2) is 63.4 Å². The largest absolute Gasteiger partial charge is 0.378 e. The molecule has 0 radical (unpaired) electrons. The average molecular weight is 346 g/mol. The summed E-state index contributed by atoms with van der Waals surface area (Å²) in [6.07, 6.45) is 2.43. The molecule has 1 aromatic carbocycles. The number of nitrogens with zero attached hydrogens (tertiary/aromatic N) is 3. The third kappa shape index (κ3) is 4.18. The molecule has 2 heterocycles. The van der Waals surface area contributed by atoms with Gasteiger partial charge in [0.25, 0.3) is 0 Å². The minimum Gasteiger partial charge on any atom is -0.378 e. The summed E-state index contributed by atoms with van der Waals surface area (Å²) >= 11 is 0. The van der Waals surface area contributed by atoms with Crippen LogP contribution >= 0.6 is 0 Å². The number of nitrogens with one attached hydrogen (secondary N) is 1. The Balaban J connectivity index is 1.85. The Morgan fingerprint density at radius 3 is 2.40 bits per heavy atom. The first kappa shape index (κ1) is 17.9. The maximum absolute atomic E-state index is 12.6. The van der Waals surface area contributed by atoms with Crippen LogP contribution in [-0.2, 0) is 4.74 Å². The van der Waals surface area contributed by atoms with Gasteiger partial charge in [-0.25, -0.2) is 4.79 Å². The number of urea groups is 1. The van der Waals surface area contributed by atoms with Gasteiger partial charge in [0.15, 0.2) is 0 Å². The average Bonchev–Trinajstić information content (AvgIpc) is 3.18. The number of morpholine rings is 1. The molecule has 0 atom stereocenters. The summed E-state index contributed by atoms with van der Waals surface area (Å²) in [6, 6.07) is 6.44. The Bertz CT molecular complexity index is 577. The molecule has 1 N–H and O–H groups in total. The number of carbonyl (C=O) groups is 1. The van der Waals surface area contributed by atoms with Crippen LogP contribution in [0.15, 0.2) is 18.2 Å². The van der Waals surface area contributed by atoms with Crippen LogP contribution in [0, 0.1) is 0 Å². The summed E-state index contributed by atoms with van der Waals surface area (Å²) in [5, 5.41) is 3.16. The van der Waals surface area contributed by atoms with E-state index >= 15 is 0 Å². The van der Waals surface area contributed by atoms with Crippen molar-refractivity contribution < 1.29 is 9.53 Å². The lowest BCUT2D eigenvalue weighted by Crippen LogP contribution is -2.37. The zero-order chi connectivity index (χ0) is 17.6. The summed E-state index contributed by atoms with van der Waals surface area (Å²) in [5.74, 6) is 0. The van der Waals surface area contributed by atoms with Crippen molar-refractivity contribution in [2.24, 2.45) is 0 Å². The number of hydrogen-bond acceptors (Lipinski definition) is 4. The van der Waals surface area contributed by atoms with Gasteiger partial charge < -0.3 is 24.8 Å². The highest BCUT2D eigenvalue weighted by atomic mass is 16.5. The second-order valence-electron chi connectivity index (χ2n) is 6.60. The van der Waals surface area contributed by atoms with E-state index in [1.54, 1.807) is 0 Å². The van der Waals surface area contributed by atoms with E-state index in [0.29, 0.717) is 13.1 Å². The second kappa shape index (κ2) is 8.43. The topological polar surface area (TPSA) is 48.1 Å². The Labute approximate surface area is 150 Å². The summed E-state index contributed by atoms with van der Waals surface area (Å²) < 4.78 is 5.46. The number of rotatable bonds is 5. The van der Waals surface area contributed by atoms with Gasteiger partial charge in [-0.05, 0) is 44.9 Å². The van der Waals surface area contributed by atoms with Crippen LogP contribution in [0.2, 0.25) is 0 Å². The molecule has 2 aliphatic rings. The molecule has 0 aliphatic carbocycles. The quantitative estimate of drug-likeness (QED) is 0.890. The fraction of sp³-hybridized carbons (Fsp3) is 0.632. The molecule has 0 bridgehead atoms. The van der Waals surface area contributed by atoms with E-state index in [4.69, 9.17) is 4.74 Å². The number of hydrogen-bond donors (Lipinski definition) is 1. The van der Waals surface area contributed by atoms with Gasteiger partial charge in [0, 0.05) is 45.0 Å². The van der Waals surface area contributed by atoms with Gasteiger partial charge in [-0.3, -0.25) is 0 Å². The SMILES string of the molecule is CCN(CC)C(=O)Nc1cc(N2CCOCC2)ccc1N1CCCC1. The summed E-state index contributed by atoms with van der Waals surface area (Å²) in [4.78, 5) is 19.1. The van der Waals surface area contributed by atoms with Gasteiger partial charge in [0.1, 0.15) is 0 Å². The highest BCUT2D eigenvalue weighted by Crippen LogP contribution is 2.33. The Kier molecular flexibility index (Phi) is 6.02. The molecular formula is C19H30N4O2. The van der Waals surface area contributed by atoms with Crippen LogP contribution in [0.5, 0.6) is 0 Å². The van der Waals surface area contributed by atoms with Gasteiger partial charge in [0.05, 0.1) is 24.6 Å². The first-order valence-electron chi connectivity index (χ1n) is 9.50. The highest BCUT2D eigenvalue weighted by molar-refractivity contribution is 5.94. The van der Waals surface area contributed by atoms with Crippen molar-refractivity contribution in [3.05, 3.63) is 18.2 Å². The Hall–Kier alpha value is -1.95.